The monoisotopic (exact) mass is 440 g/mol. The van der Waals surface area contributed by atoms with Gasteiger partial charge in [-0.15, -0.1) is 0 Å². The van der Waals surface area contributed by atoms with E-state index in [0.29, 0.717) is 25.6 Å². The Kier molecular flexibility index (Phi) is 6.01. The van der Waals surface area contributed by atoms with Gasteiger partial charge in [-0.2, -0.15) is 5.10 Å². The molecule has 162 valence electrons. The molecule has 0 saturated heterocycles. The van der Waals surface area contributed by atoms with Crippen molar-refractivity contribution in [2.24, 2.45) is 0 Å². The molecular weight excluding hydrogens is 416 g/mol. The number of sulfonamides is 1. The molecule has 0 bridgehead atoms. The van der Waals surface area contributed by atoms with Gasteiger partial charge in [-0.25, -0.2) is 27.8 Å². The minimum Gasteiger partial charge on any atom is -0.382 e. The highest BCUT2D eigenvalue weighted by molar-refractivity contribution is 7.92. The standard InChI is InChI=1S/C21H24N6O3S/c1-3-30-12-6-11-26-19-8-5-4-7-18(19)24-21(26)25-31(28,29)17-14-23-27(15-17)20-13-16(2)9-10-22-20/h4-5,7-10,13-15H,3,6,11-12H2,1-2H3,(H,24,25). The molecule has 10 heteroatoms. The first-order valence-corrected chi connectivity index (χ1v) is 11.5. The van der Waals surface area contributed by atoms with E-state index in [1.54, 1.807) is 6.20 Å². The van der Waals surface area contributed by atoms with Crippen molar-refractivity contribution in [3.05, 3.63) is 60.6 Å². The van der Waals surface area contributed by atoms with Crippen LogP contribution in [-0.4, -0.2) is 45.9 Å². The zero-order valence-electron chi connectivity index (χ0n) is 17.4. The van der Waals surface area contributed by atoms with E-state index in [0.717, 1.165) is 23.0 Å². The number of aryl methyl sites for hydroxylation is 2. The minimum absolute atomic E-state index is 0.0312. The fourth-order valence-electron chi connectivity index (χ4n) is 3.24. The molecule has 1 N–H and O–H groups in total. The molecule has 0 unspecified atom stereocenters. The van der Waals surface area contributed by atoms with Crippen molar-refractivity contribution in [2.75, 3.05) is 17.9 Å². The molecule has 0 radical (unpaired) electrons. The average Bonchev–Trinajstić information content (AvgIpc) is 3.37. The van der Waals surface area contributed by atoms with Crippen molar-refractivity contribution in [3.63, 3.8) is 0 Å². The predicted molar refractivity (Wildman–Crippen MR) is 118 cm³/mol. The number of imidazole rings is 1. The molecule has 0 aliphatic heterocycles. The van der Waals surface area contributed by atoms with Crippen LogP contribution in [0.1, 0.15) is 18.9 Å². The van der Waals surface area contributed by atoms with Gasteiger partial charge in [-0.3, -0.25) is 0 Å². The Bertz CT molecular complexity index is 1300. The highest BCUT2D eigenvalue weighted by Gasteiger charge is 2.21. The van der Waals surface area contributed by atoms with E-state index in [-0.39, 0.29) is 10.8 Å². The van der Waals surface area contributed by atoms with Crippen molar-refractivity contribution >= 4 is 27.0 Å². The summed E-state index contributed by atoms with van der Waals surface area (Å²) in [4.78, 5) is 8.76. The lowest BCUT2D eigenvalue weighted by Gasteiger charge is -2.10. The van der Waals surface area contributed by atoms with Gasteiger partial charge in [-0.1, -0.05) is 12.1 Å². The number of fused-ring (bicyclic) bond motifs is 1. The lowest BCUT2D eigenvalue weighted by atomic mass is 10.3. The fourth-order valence-corrected chi connectivity index (χ4v) is 4.18. The van der Waals surface area contributed by atoms with Gasteiger partial charge in [0, 0.05) is 26.0 Å². The number of ether oxygens (including phenoxy) is 1. The second-order valence-corrected chi connectivity index (χ2v) is 8.73. The fraction of sp³-hybridized carbons (Fsp3) is 0.286. The molecular formula is C21H24N6O3S. The average molecular weight is 441 g/mol. The van der Waals surface area contributed by atoms with Gasteiger partial charge in [0.25, 0.3) is 10.0 Å². The van der Waals surface area contributed by atoms with Crippen LogP contribution in [0.3, 0.4) is 0 Å². The van der Waals surface area contributed by atoms with Gasteiger partial charge >= 0.3 is 0 Å². The van der Waals surface area contributed by atoms with Crippen LogP contribution < -0.4 is 4.72 Å². The summed E-state index contributed by atoms with van der Waals surface area (Å²) in [5.74, 6) is 0.809. The first-order chi connectivity index (χ1) is 15.0. The van der Waals surface area contributed by atoms with Crippen LogP contribution in [0.15, 0.2) is 59.9 Å². The van der Waals surface area contributed by atoms with Crippen LogP contribution in [0.2, 0.25) is 0 Å². The van der Waals surface area contributed by atoms with E-state index in [9.17, 15) is 8.42 Å². The number of nitrogens with zero attached hydrogens (tertiary/aromatic N) is 5. The first-order valence-electron chi connectivity index (χ1n) is 10.0. The van der Waals surface area contributed by atoms with Gasteiger partial charge < -0.3 is 9.30 Å². The highest BCUT2D eigenvalue weighted by Crippen LogP contribution is 2.23. The molecule has 0 fully saturated rings. The summed E-state index contributed by atoms with van der Waals surface area (Å²) in [5.41, 5.74) is 2.58. The second-order valence-electron chi connectivity index (χ2n) is 7.04. The molecule has 9 nitrogen and oxygen atoms in total. The summed E-state index contributed by atoms with van der Waals surface area (Å²) in [6.07, 6.45) is 5.13. The molecule has 0 aliphatic rings. The summed E-state index contributed by atoms with van der Waals surface area (Å²) in [6.45, 7) is 5.68. The first kappa shape index (κ1) is 21.0. The van der Waals surface area contributed by atoms with E-state index in [1.165, 1.54) is 17.1 Å². The van der Waals surface area contributed by atoms with Crippen molar-refractivity contribution in [2.45, 2.75) is 31.7 Å². The minimum atomic E-state index is -3.89. The van der Waals surface area contributed by atoms with Gasteiger partial charge in [0.15, 0.2) is 5.82 Å². The van der Waals surface area contributed by atoms with E-state index in [2.05, 4.69) is 19.8 Å². The van der Waals surface area contributed by atoms with Gasteiger partial charge in [0.2, 0.25) is 5.95 Å². The maximum atomic E-state index is 13.1. The normalized spacial score (nSPS) is 11.8. The summed E-state index contributed by atoms with van der Waals surface area (Å²) in [6, 6.07) is 11.2. The van der Waals surface area contributed by atoms with Crippen LogP contribution in [0.25, 0.3) is 16.9 Å². The third-order valence-corrected chi connectivity index (χ3v) is 6.04. The molecule has 0 atom stereocenters. The number of nitrogens with one attached hydrogen (secondary N) is 1. The molecule has 1 aromatic carbocycles. The van der Waals surface area contributed by atoms with Crippen LogP contribution >= 0.6 is 0 Å². The molecule has 0 aliphatic carbocycles. The third kappa shape index (κ3) is 4.59. The van der Waals surface area contributed by atoms with Crippen LogP contribution in [0.5, 0.6) is 0 Å². The molecule has 0 amide bonds. The van der Waals surface area contributed by atoms with Gasteiger partial charge in [-0.05, 0) is 50.1 Å². The molecule has 4 rings (SSSR count). The topological polar surface area (TPSA) is 104 Å². The lowest BCUT2D eigenvalue weighted by Crippen LogP contribution is -2.17. The van der Waals surface area contributed by atoms with Crippen LogP contribution in [0, 0.1) is 6.92 Å². The Balaban J connectivity index is 1.62. The number of pyridine rings is 1. The van der Waals surface area contributed by atoms with Gasteiger partial charge in [0.1, 0.15) is 4.90 Å². The number of para-hydroxylation sites is 2. The molecule has 0 saturated carbocycles. The van der Waals surface area contributed by atoms with Crippen molar-refractivity contribution in [1.29, 1.82) is 0 Å². The summed E-state index contributed by atoms with van der Waals surface area (Å²) in [7, 11) is -3.89. The van der Waals surface area contributed by atoms with Crippen LogP contribution in [-0.2, 0) is 21.3 Å². The number of benzene rings is 1. The molecule has 3 aromatic heterocycles. The maximum absolute atomic E-state index is 13.1. The SMILES string of the molecule is CCOCCCn1c(NS(=O)(=O)c2cnn(-c3cc(C)ccn3)c2)nc2ccccc21. The smallest absolute Gasteiger partial charge is 0.267 e. The van der Waals surface area contributed by atoms with E-state index < -0.39 is 10.0 Å². The molecule has 31 heavy (non-hydrogen) atoms. The second kappa shape index (κ2) is 8.86. The number of anilines is 1. The largest absolute Gasteiger partial charge is 0.382 e. The van der Waals surface area contributed by atoms with E-state index in [1.807, 2.05) is 54.8 Å². The van der Waals surface area contributed by atoms with Gasteiger partial charge in [0.05, 0.1) is 23.4 Å². The Hall–Kier alpha value is -3.24. The number of rotatable bonds is 9. The van der Waals surface area contributed by atoms with E-state index >= 15 is 0 Å². The number of hydrogen-bond acceptors (Lipinski definition) is 6. The Labute approximate surface area is 180 Å². The molecule has 4 aromatic rings. The maximum Gasteiger partial charge on any atom is 0.267 e. The summed E-state index contributed by atoms with van der Waals surface area (Å²) in [5, 5.41) is 4.16. The van der Waals surface area contributed by atoms with Crippen molar-refractivity contribution in [1.82, 2.24) is 24.3 Å². The molecule has 0 spiro atoms. The van der Waals surface area contributed by atoms with E-state index in [4.69, 9.17) is 4.74 Å². The lowest BCUT2D eigenvalue weighted by molar-refractivity contribution is 0.142. The highest BCUT2D eigenvalue weighted by atomic mass is 32.2. The summed E-state index contributed by atoms with van der Waals surface area (Å²) >= 11 is 0. The Morgan fingerprint density at radius 1 is 1.19 bits per heavy atom. The summed E-state index contributed by atoms with van der Waals surface area (Å²) < 4.78 is 37.4. The number of hydrogen-bond donors (Lipinski definition) is 1. The Morgan fingerprint density at radius 2 is 2.03 bits per heavy atom. The zero-order valence-corrected chi connectivity index (χ0v) is 18.2. The van der Waals surface area contributed by atoms with Crippen LogP contribution in [0.4, 0.5) is 5.95 Å². The Morgan fingerprint density at radius 3 is 2.84 bits per heavy atom. The van der Waals surface area contributed by atoms with Crippen molar-refractivity contribution < 1.29 is 13.2 Å². The number of aromatic nitrogens is 5. The predicted octanol–water partition coefficient (Wildman–Crippen LogP) is 3.15. The molecule has 3 heterocycles. The zero-order chi connectivity index (χ0) is 21.8. The van der Waals surface area contributed by atoms with Crippen molar-refractivity contribution in [3.8, 4) is 5.82 Å². The quantitative estimate of drug-likeness (QED) is 0.401. The third-order valence-electron chi connectivity index (χ3n) is 4.76.